The summed E-state index contributed by atoms with van der Waals surface area (Å²) in [6.45, 7) is 5.06. The maximum absolute atomic E-state index is 10.7. The van der Waals surface area contributed by atoms with E-state index in [-0.39, 0.29) is 30.5 Å². The molecule has 0 aliphatic carbocycles. The predicted octanol–water partition coefficient (Wildman–Crippen LogP) is 3.38. The van der Waals surface area contributed by atoms with E-state index in [0.717, 1.165) is 0 Å². The topological polar surface area (TPSA) is 113 Å². The fourth-order valence-corrected chi connectivity index (χ4v) is 2.15. The Morgan fingerprint density at radius 3 is 2.35 bits per heavy atom. The van der Waals surface area contributed by atoms with Crippen LogP contribution >= 0.6 is 12.4 Å². The highest BCUT2D eigenvalue weighted by Crippen LogP contribution is 2.24. The van der Waals surface area contributed by atoms with Crippen molar-refractivity contribution in [3.8, 4) is 11.3 Å². The largest absolute Gasteiger partial charge is 0.453 e. The van der Waals surface area contributed by atoms with Gasteiger partial charge in [-0.2, -0.15) is 0 Å². The van der Waals surface area contributed by atoms with E-state index in [0.29, 0.717) is 30.3 Å². The molecule has 0 fully saturated rings. The molecule has 0 atom stereocenters. The lowest BCUT2D eigenvalue weighted by atomic mass is 10.1. The smallest absolute Gasteiger partial charge is 0.269 e. The molecular weight excluding hydrogens is 362 g/mol. The van der Waals surface area contributed by atoms with E-state index in [1.807, 2.05) is 13.8 Å². The number of aliphatic imine (C=N–C) groups is 1. The van der Waals surface area contributed by atoms with Gasteiger partial charge in [0.05, 0.1) is 11.5 Å². The third-order valence-electron chi connectivity index (χ3n) is 3.34. The number of rotatable bonds is 9. The number of furan rings is 1. The first kappa shape index (κ1) is 21.6. The van der Waals surface area contributed by atoms with Crippen molar-refractivity contribution in [2.24, 2.45) is 10.7 Å². The maximum atomic E-state index is 10.7. The number of benzene rings is 1. The van der Waals surface area contributed by atoms with Crippen molar-refractivity contribution in [1.82, 2.24) is 0 Å². The molecule has 0 bridgehead atoms. The van der Waals surface area contributed by atoms with Gasteiger partial charge in [-0.25, -0.2) is 0 Å². The third-order valence-corrected chi connectivity index (χ3v) is 3.34. The number of nitro benzene ring substituents is 1. The summed E-state index contributed by atoms with van der Waals surface area (Å²) in [5.74, 6) is 1.20. The Bertz CT molecular complexity index is 724. The normalized spacial score (nSPS) is 11.4. The lowest BCUT2D eigenvalue weighted by molar-refractivity contribution is -0.384. The third kappa shape index (κ3) is 5.83. The molecule has 0 radical (unpaired) electrons. The predicted molar refractivity (Wildman–Crippen MR) is 101 cm³/mol. The monoisotopic (exact) mass is 383 g/mol. The molecule has 9 heteroatoms. The van der Waals surface area contributed by atoms with E-state index in [9.17, 15) is 10.1 Å². The molecule has 1 aromatic heterocycles. The first-order chi connectivity index (χ1) is 12.0. The molecule has 0 saturated carbocycles. The molecule has 0 aliphatic heterocycles. The van der Waals surface area contributed by atoms with Gasteiger partial charge >= 0.3 is 0 Å². The summed E-state index contributed by atoms with van der Waals surface area (Å²) in [6.07, 6.45) is -0.447. The van der Waals surface area contributed by atoms with Gasteiger partial charge in [0.1, 0.15) is 5.76 Å². The van der Waals surface area contributed by atoms with Crippen molar-refractivity contribution in [2.45, 2.75) is 20.1 Å². The molecule has 0 aliphatic rings. The summed E-state index contributed by atoms with van der Waals surface area (Å²) in [6, 6.07) is 9.52. The van der Waals surface area contributed by atoms with Crippen LogP contribution in [0.1, 0.15) is 19.6 Å². The van der Waals surface area contributed by atoms with Crippen molar-refractivity contribution in [3.63, 3.8) is 0 Å². The highest BCUT2D eigenvalue weighted by atomic mass is 35.5. The number of halogens is 1. The maximum Gasteiger partial charge on any atom is 0.269 e. The van der Waals surface area contributed by atoms with Gasteiger partial charge < -0.3 is 19.6 Å². The van der Waals surface area contributed by atoms with E-state index in [2.05, 4.69) is 4.99 Å². The SMILES string of the molecule is CCOC(CN=C(N)c1ccc(-c2ccc([N+](=O)[O-])cc2)o1)OCC.Cl. The van der Waals surface area contributed by atoms with Crippen LogP contribution in [0.3, 0.4) is 0 Å². The summed E-state index contributed by atoms with van der Waals surface area (Å²) < 4.78 is 16.5. The van der Waals surface area contributed by atoms with E-state index in [4.69, 9.17) is 19.6 Å². The van der Waals surface area contributed by atoms with Gasteiger partial charge in [0, 0.05) is 30.9 Å². The molecule has 2 aromatic rings. The molecule has 142 valence electrons. The number of amidine groups is 1. The molecular formula is C17H22ClN3O5. The number of non-ortho nitro benzene ring substituents is 1. The molecule has 1 aromatic carbocycles. The molecule has 0 amide bonds. The second kappa shape index (κ2) is 10.5. The minimum absolute atomic E-state index is 0. The van der Waals surface area contributed by atoms with Gasteiger partial charge in [-0.3, -0.25) is 15.1 Å². The Morgan fingerprint density at radius 2 is 1.81 bits per heavy atom. The fraction of sp³-hybridized carbons (Fsp3) is 0.353. The summed E-state index contributed by atoms with van der Waals surface area (Å²) in [5, 5.41) is 10.7. The minimum atomic E-state index is -0.449. The van der Waals surface area contributed by atoms with E-state index in [1.54, 1.807) is 24.3 Å². The molecule has 2 N–H and O–H groups in total. The molecule has 0 unspecified atom stereocenters. The van der Waals surface area contributed by atoms with Crippen LogP contribution in [0.25, 0.3) is 11.3 Å². The van der Waals surface area contributed by atoms with Crippen LogP contribution in [0.15, 0.2) is 45.8 Å². The zero-order chi connectivity index (χ0) is 18.2. The summed E-state index contributed by atoms with van der Waals surface area (Å²) in [7, 11) is 0. The van der Waals surface area contributed by atoms with Crippen LogP contribution in [-0.4, -0.2) is 36.8 Å². The number of nitrogens with zero attached hydrogens (tertiary/aromatic N) is 2. The molecule has 8 nitrogen and oxygen atoms in total. The van der Waals surface area contributed by atoms with Gasteiger partial charge in [0.15, 0.2) is 17.9 Å². The number of nitro groups is 1. The van der Waals surface area contributed by atoms with Gasteiger partial charge in [0.25, 0.3) is 5.69 Å². The van der Waals surface area contributed by atoms with Crippen molar-refractivity contribution in [1.29, 1.82) is 0 Å². The van der Waals surface area contributed by atoms with Gasteiger partial charge in [-0.1, -0.05) is 0 Å². The average Bonchev–Trinajstić information content (AvgIpc) is 3.10. The number of ether oxygens (including phenoxy) is 2. The zero-order valence-electron chi connectivity index (χ0n) is 14.6. The van der Waals surface area contributed by atoms with Crippen molar-refractivity contribution < 1.29 is 18.8 Å². The summed E-state index contributed by atoms with van der Waals surface area (Å²) in [4.78, 5) is 14.5. The van der Waals surface area contributed by atoms with Crippen LogP contribution in [0, 0.1) is 10.1 Å². The first-order valence-electron chi connectivity index (χ1n) is 7.93. The van der Waals surface area contributed by atoms with Crippen LogP contribution in [0.2, 0.25) is 0 Å². The lowest BCUT2D eigenvalue weighted by Gasteiger charge is -2.14. The minimum Gasteiger partial charge on any atom is -0.453 e. The number of nitrogens with two attached hydrogens (primary N) is 1. The van der Waals surface area contributed by atoms with Gasteiger partial charge in [0.2, 0.25) is 0 Å². The van der Waals surface area contributed by atoms with Crippen LogP contribution in [0.4, 0.5) is 5.69 Å². The fourth-order valence-electron chi connectivity index (χ4n) is 2.15. The first-order valence-corrected chi connectivity index (χ1v) is 7.93. The second-order valence-electron chi connectivity index (χ2n) is 5.03. The Morgan fingerprint density at radius 1 is 1.19 bits per heavy atom. The number of hydrogen-bond donors (Lipinski definition) is 1. The summed E-state index contributed by atoms with van der Waals surface area (Å²) >= 11 is 0. The van der Waals surface area contributed by atoms with E-state index < -0.39 is 11.2 Å². The quantitative estimate of drug-likeness (QED) is 0.233. The second-order valence-corrected chi connectivity index (χ2v) is 5.03. The highest BCUT2D eigenvalue weighted by Gasteiger charge is 2.12. The summed E-state index contributed by atoms with van der Waals surface area (Å²) in [5.41, 5.74) is 6.68. The Labute approximate surface area is 157 Å². The van der Waals surface area contributed by atoms with Crippen LogP contribution < -0.4 is 5.73 Å². The van der Waals surface area contributed by atoms with Crippen molar-refractivity contribution in [2.75, 3.05) is 19.8 Å². The zero-order valence-corrected chi connectivity index (χ0v) is 15.4. The van der Waals surface area contributed by atoms with Crippen LogP contribution in [0.5, 0.6) is 0 Å². The molecule has 26 heavy (non-hydrogen) atoms. The number of hydrogen-bond acceptors (Lipinski definition) is 6. The lowest BCUT2D eigenvalue weighted by Crippen LogP contribution is -2.23. The standard InChI is InChI=1S/C17H21N3O5.ClH/c1-3-23-16(24-4-2)11-19-17(18)15-10-9-14(25-15)12-5-7-13(8-6-12)20(21)22;/h5-10,16H,3-4,11H2,1-2H3,(H2,18,19);1H. The average molecular weight is 384 g/mol. The van der Waals surface area contributed by atoms with Crippen LogP contribution in [-0.2, 0) is 9.47 Å². The Balaban J connectivity index is 0.00000338. The van der Waals surface area contributed by atoms with Gasteiger partial charge in [-0.15, -0.1) is 12.4 Å². The molecule has 0 spiro atoms. The van der Waals surface area contributed by atoms with Gasteiger partial charge in [-0.05, 0) is 38.1 Å². The van der Waals surface area contributed by atoms with E-state index in [1.165, 1.54) is 12.1 Å². The molecule has 0 saturated heterocycles. The van der Waals surface area contributed by atoms with E-state index >= 15 is 0 Å². The molecule has 2 rings (SSSR count). The molecule has 1 heterocycles. The Kier molecular flexibility index (Phi) is 8.77. The van der Waals surface area contributed by atoms with Crippen molar-refractivity contribution in [3.05, 3.63) is 52.3 Å². The highest BCUT2D eigenvalue weighted by molar-refractivity contribution is 5.95. The van der Waals surface area contributed by atoms with Crippen molar-refractivity contribution >= 4 is 23.9 Å². The Hall–Kier alpha value is -2.42.